The minimum absolute atomic E-state index is 0. The topological polar surface area (TPSA) is 0 Å². The van der Waals surface area contributed by atoms with Crippen LogP contribution in [0.3, 0.4) is 0 Å². The molecule has 0 aliphatic heterocycles. The van der Waals surface area contributed by atoms with Crippen LogP contribution in [0.15, 0.2) is 6.58 Å². The summed E-state index contributed by atoms with van der Waals surface area (Å²) in [5.74, 6) is 0. The predicted molar refractivity (Wildman–Crippen MR) is 9.93 cm³/mol. The Labute approximate surface area is 49.6 Å². The zero-order valence-corrected chi connectivity index (χ0v) is 4.48. The summed E-state index contributed by atoms with van der Waals surface area (Å²) in [6.07, 6.45) is 0. The fourth-order valence-corrected chi connectivity index (χ4v) is 0. The molecule has 0 unspecified atom stereocenters. The maximum atomic E-state index is 4.25. The van der Waals surface area contributed by atoms with Crippen LogP contribution in [0.2, 0.25) is 0 Å². The van der Waals surface area contributed by atoms with E-state index >= 15 is 0 Å². The van der Waals surface area contributed by atoms with E-state index in [0.717, 1.165) is 0 Å². The summed E-state index contributed by atoms with van der Waals surface area (Å²) in [5.41, 5.74) is 0. The summed E-state index contributed by atoms with van der Waals surface area (Å²) in [5, 5.41) is 0. The van der Waals surface area contributed by atoms with Crippen LogP contribution in [-0.4, -0.2) is 0 Å². The van der Waals surface area contributed by atoms with Gasteiger partial charge in [-0.15, -0.1) is 0 Å². The van der Waals surface area contributed by atoms with Crippen LogP contribution in [0.25, 0.3) is 0 Å². The molecular weight excluding hydrogens is 129 g/mol. The van der Waals surface area contributed by atoms with Gasteiger partial charge < -0.3 is 14.1 Å². The first kappa shape index (κ1) is 111. The number of halogens is 3. The SMILES string of the molecule is [CH]=C.[F-].[F-].[F-].[Ti+3]. The molecule has 0 aromatic heterocycles. The van der Waals surface area contributed by atoms with Crippen molar-refractivity contribution in [3.8, 4) is 0 Å². The molecule has 0 spiro atoms. The molecule has 0 aliphatic carbocycles. The van der Waals surface area contributed by atoms with Gasteiger partial charge in [0.25, 0.3) is 0 Å². The van der Waals surface area contributed by atoms with Crippen molar-refractivity contribution >= 4 is 0 Å². The van der Waals surface area contributed by atoms with Crippen molar-refractivity contribution in [1.82, 2.24) is 0 Å². The Morgan fingerprint density at radius 1 is 0.833 bits per heavy atom. The van der Waals surface area contributed by atoms with Crippen molar-refractivity contribution in [3.63, 3.8) is 0 Å². The monoisotopic (exact) mass is 132 g/mol. The first-order chi connectivity index (χ1) is 1.00. The number of hydrogen-bond donors (Lipinski definition) is 0. The van der Waals surface area contributed by atoms with E-state index in [-0.39, 0.29) is 35.8 Å². The largest absolute Gasteiger partial charge is 3.00 e. The Bertz CT molecular complexity index is 8.75. The molecule has 0 bridgehead atoms. The third-order valence-corrected chi connectivity index (χ3v) is 0. The molecule has 0 fully saturated rings. The Morgan fingerprint density at radius 2 is 0.833 bits per heavy atom. The Balaban J connectivity index is -0.000000000833. The molecule has 0 aromatic carbocycles. The molecule has 0 nitrogen and oxygen atoms in total. The normalized spacial score (nSPS) is 0.667. The van der Waals surface area contributed by atoms with Gasteiger partial charge >= 0.3 is 21.7 Å². The molecule has 4 heteroatoms. The van der Waals surface area contributed by atoms with Crippen molar-refractivity contribution in [3.05, 3.63) is 13.2 Å². The third-order valence-electron chi connectivity index (χ3n) is 0. The van der Waals surface area contributed by atoms with E-state index < -0.39 is 0 Å². The quantitative estimate of drug-likeness (QED) is 0.287. The molecule has 0 aromatic rings. The van der Waals surface area contributed by atoms with Gasteiger partial charge in [-0.1, -0.05) is 13.2 Å². The maximum absolute atomic E-state index is 4.25. The predicted octanol–water partition coefficient (Wildman–Crippen LogP) is -8.39. The standard InChI is InChI=1S/C2H3.3FH.Ti/c1-2;;;;/h1H,2H2;3*1H;/q;;;;+3/p-3. The Morgan fingerprint density at radius 3 is 0.833 bits per heavy atom. The van der Waals surface area contributed by atoms with Crippen LogP contribution in [0, 0.1) is 6.58 Å². The average molecular weight is 132 g/mol. The van der Waals surface area contributed by atoms with Gasteiger partial charge in [0, 0.05) is 0 Å². The number of hydrogen-bond acceptors (Lipinski definition) is 0. The van der Waals surface area contributed by atoms with Crippen molar-refractivity contribution in [2.45, 2.75) is 0 Å². The van der Waals surface area contributed by atoms with E-state index in [2.05, 4.69) is 13.2 Å². The van der Waals surface area contributed by atoms with Crippen LogP contribution >= 0.6 is 0 Å². The summed E-state index contributed by atoms with van der Waals surface area (Å²) in [7, 11) is 0. The van der Waals surface area contributed by atoms with Gasteiger partial charge in [0.05, 0.1) is 0 Å². The van der Waals surface area contributed by atoms with Gasteiger partial charge in [-0.05, 0) is 0 Å². The van der Waals surface area contributed by atoms with Gasteiger partial charge in [0.15, 0.2) is 0 Å². The van der Waals surface area contributed by atoms with Gasteiger partial charge in [-0.2, -0.15) is 0 Å². The smallest absolute Gasteiger partial charge is 1.00 e. The fourth-order valence-electron chi connectivity index (χ4n) is 0. The van der Waals surface area contributed by atoms with E-state index in [0.29, 0.717) is 0 Å². The summed E-state index contributed by atoms with van der Waals surface area (Å²) in [4.78, 5) is 0. The third kappa shape index (κ3) is 749. The minimum Gasteiger partial charge on any atom is -1.00 e. The number of rotatable bonds is 0. The molecule has 0 saturated heterocycles. The second-order valence-electron chi connectivity index (χ2n) is 0. The first-order valence-corrected chi connectivity index (χ1v) is 0.408. The fraction of sp³-hybridized carbons (Fsp3) is 0. The zero-order valence-electron chi connectivity index (χ0n) is 2.92. The maximum Gasteiger partial charge on any atom is 3.00 e. The summed E-state index contributed by atoms with van der Waals surface area (Å²) in [6.45, 7) is 7.00. The van der Waals surface area contributed by atoms with E-state index in [1.165, 1.54) is 0 Å². The van der Waals surface area contributed by atoms with Gasteiger partial charge in [-0.3, -0.25) is 0 Å². The van der Waals surface area contributed by atoms with E-state index in [9.17, 15) is 0 Å². The molecule has 0 amide bonds. The summed E-state index contributed by atoms with van der Waals surface area (Å²) < 4.78 is 0. The van der Waals surface area contributed by atoms with Crippen molar-refractivity contribution in [2.75, 3.05) is 0 Å². The van der Waals surface area contributed by atoms with Gasteiger partial charge in [0.1, 0.15) is 0 Å². The van der Waals surface area contributed by atoms with E-state index in [4.69, 9.17) is 0 Å². The van der Waals surface area contributed by atoms with Gasteiger partial charge in [-0.25, -0.2) is 0 Å². The molecule has 0 aliphatic rings. The molecule has 0 rings (SSSR count). The Kier molecular flexibility index (Phi) is 29300. The van der Waals surface area contributed by atoms with Crippen LogP contribution < -0.4 is 14.1 Å². The first-order valence-electron chi connectivity index (χ1n) is 0.408. The van der Waals surface area contributed by atoms with Crippen molar-refractivity contribution < 1.29 is 35.8 Å². The summed E-state index contributed by atoms with van der Waals surface area (Å²) >= 11 is 0. The van der Waals surface area contributed by atoms with Crippen LogP contribution in [0.5, 0.6) is 0 Å². The van der Waals surface area contributed by atoms with Crippen LogP contribution in [0.1, 0.15) is 0 Å². The van der Waals surface area contributed by atoms with Gasteiger partial charge in [0.2, 0.25) is 0 Å². The van der Waals surface area contributed by atoms with E-state index in [1.54, 1.807) is 0 Å². The zero-order chi connectivity index (χ0) is 2.00. The second-order valence-corrected chi connectivity index (χ2v) is 0. The summed E-state index contributed by atoms with van der Waals surface area (Å²) in [6, 6.07) is 0. The van der Waals surface area contributed by atoms with Crippen molar-refractivity contribution in [2.24, 2.45) is 0 Å². The van der Waals surface area contributed by atoms with Crippen LogP contribution in [0.4, 0.5) is 0 Å². The molecular formula is C2H3F3Ti. The minimum atomic E-state index is 0. The van der Waals surface area contributed by atoms with E-state index in [1.807, 2.05) is 0 Å². The van der Waals surface area contributed by atoms with Crippen LogP contribution in [-0.2, 0) is 21.7 Å². The van der Waals surface area contributed by atoms with Crippen molar-refractivity contribution in [1.29, 1.82) is 0 Å². The molecule has 0 N–H and O–H groups in total. The molecule has 6 heavy (non-hydrogen) atoms. The average Bonchev–Trinajstić information content (AvgIpc) is 1.00. The molecule has 0 saturated carbocycles. The molecule has 0 atom stereocenters. The Hall–Kier alpha value is 0.244. The molecule has 0 heterocycles. The second kappa shape index (κ2) is 1580. The molecule has 36 valence electrons. The molecule has 2 radical (unpaired) electrons.